The van der Waals surface area contributed by atoms with Gasteiger partial charge in [-0.15, -0.1) is 10.2 Å². The van der Waals surface area contributed by atoms with Gasteiger partial charge in [0.25, 0.3) is 5.91 Å². The molecule has 0 aromatic rings. The lowest BCUT2D eigenvalue weighted by Crippen LogP contribution is -2.46. The number of nitrogens with one attached hydrogen (secondary N) is 1. The normalized spacial score (nSPS) is 27.6. The molecule has 2 atom stereocenters. The van der Waals surface area contributed by atoms with Crippen LogP contribution in [-0.2, 0) is 9.53 Å². The maximum absolute atomic E-state index is 12.3. The lowest BCUT2D eigenvalue weighted by Gasteiger charge is -2.21. The molecule has 6 nitrogen and oxygen atoms in total. The fraction of sp³-hybridized carbons (Fsp3) is 0.500. The van der Waals surface area contributed by atoms with Gasteiger partial charge in [0.1, 0.15) is 0 Å². The number of hydrogen-bond acceptors (Lipinski definition) is 5. The zero-order chi connectivity index (χ0) is 13.7. The molecule has 0 bridgehead atoms. The van der Waals surface area contributed by atoms with Crippen LogP contribution in [-0.4, -0.2) is 48.3 Å². The van der Waals surface area contributed by atoms with Crippen LogP contribution in [0.1, 0.15) is 12.8 Å². The molecule has 2 unspecified atom stereocenters. The molecule has 2 N–H and O–H groups in total. The van der Waals surface area contributed by atoms with Gasteiger partial charge in [-0.3, -0.25) is 4.79 Å². The molecular weight excluding hydrogens is 258 g/mol. The molecule has 0 radical (unpaired) electrons. The monoisotopic (exact) mass is 273 g/mol. The number of amides is 1. The predicted octanol–water partition coefficient (Wildman–Crippen LogP) is -0.0491. The van der Waals surface area contributed by atoms with Crippen molar-refractivity contribution in [3.8, 4) is 0 Å². The first-order chi connectivity index (χ1) is 9.78. The topological polar surface area (TPSA) is 83.3 Å². The molecule has 1 fully saturated rings. The number of fused-ring (bicyclic) bond motifs is 2. The number of aliphatic hydroxyl groups excluding tert-OH is 1. The number of carbonyl (C=O) groups excluding carboxylic acids is 1. The molecule has 2 aliphatic heterocycles. The van der Waals surface area contributed by atoms with Gasteiger partial charge in [0.2, 0.25) is 0 Å². The third-order valence-corrected chi connectivity index (χ3v) is 4.26. The van der Waals surface area contributed by atoms with Crippen LogP contribution < -0.4 is 5.32 Å². The molecular formula is C14H15N3O3. The Labute approximate surface area is 115 Å². The van der Waals surface area contributed by atoms with E-state index in [0.717, 1.165) is 24.1 Å². The Morgan fingerprint density at radius 3 is 3.20 bits per heavy atom. The zero-order valence-electron chi connectivity index (χ0n) is 10.9. The molecule has 2 heterocycles. The average molecular weight is 273 g/mol. The summed E-state index contributed by atoms with van der Waals surface area (Å²) in [4.78, 5) is 12.3. The minimum Gasteiger partial charge on any atom is -0.394 e. The molecule has 4 rings (SSSR count). The Hall–Kier alpha value is -1.79. The number of ether oxygens (including phenoxy) is 1. The molecule has 20 heavy (non-hydrogen) atoms. The predicted molar refractivity (Wildman–Crippen MR) is 72.5 cm³/mol. The Kier molecular flexibility index (Phi) is 2.61. The van der Waals surface area contributed by atoms with E-state index < -0.39 is 0 Å². The number of aliphatic hydroxyl groups is 1. The third-order valence-electron chi connectivity index (χ3n) is 4.26. The molecule has 1 amide bonds. The van der Waals surface area contributed by atoms with Crippen LogP contribution in [0.5, 0.6) is 0 Å². The van der Waals surface area contributed by atoms with Gasteiger partial charge in [0.15, 0.2) is 5.71 Å². The fourth-order valence-electron chi connectivity index (χ4n) is 2.96. The highest BCUT2D eigenvalue weighted by atomic mass is 16.5. The molecule has 0 aromatic heterocycles. The molecule has 0 spiro atoms. The first-order valence-electron chi connectivity index (χ1n) is 6.88. The Morgan fingerprint density at radius 1 is 1.55 bits per heavy atom. The number of rotatable bonds is 4. The average Bonchev–Trinajstić information content (AvgIpc) is 2.91. The highest BCUT2D eigenvalue weighted by molar-refractivity contribution is 6.56. The maximum Gasteiger partial charge on any atom is 0.272 e. The van der Waals surface area contributed by atoms with Crippen molar-refractivity contribution in [1.29, 1.82) is 0 Å². The summed E-state index contributed by atoms with van der Waals surface area (Å²) in [7, 11) is 0. The summed E-state index contributed by atoms with van der Waals surface area (Å²) in [6.07, 6.45) is 3.83. The Balaban J connectivity index is 1.45. The number of carbonyl (C=O) groups is 1. The van der Waals surface area contributed by atoms with Gasteiger partial charge in [-0.1, -0.05) is 0 Å². The van der Waals surface area contributed by atoms with Crippen LogP contribution in [0.25, 0.3) is 0 Å². The van der Waals surface area contributed by atoms with E-state index in [9.17, 15) is 9.90 Å². The van der Waals surface area contributed by atoms with Crippen molar-refractivity contribution in [2.24, 2.45) is 16.1 Å². The van der Waals surface area contributed by atoms with Crippen molar-refractivity contribution in [2.75, 3.05) is 19.8 Å². The van der Waals surface area contributed by atoms with Crippen LogP contribution in [0.4, 0.5) is 0 Å². The van der Waals surface area contributed by atoms with Crippen LogP contribution >= 0.6 is 0 Å². The van der Waals surface area contributed by atoms with Crippen LogP contribution in [0.3, 0.4) is 0 Å². The minimum absolute atomic E-state index is 0.0887. The van der Waals surface area contributed by atoms with E-state index in [2.05, 4.69) is 15.5 Å². The summed E-state index contributed by atoms with van der Waals surface area (Å²) in [5, 5.41) is 20.4. The van der Waals surface area contributed by atoms with E-state index in [4.69, 9.17) is 4.74 Å². The molecule has 4 aliphatic rings. The van der Waals surface area contributed by atoms with Crippen LogP contribution in [0.15, 0.2) is 33.0 Å². The number of nitrogens with zero attached hydrogens (tertiary/aromatic N) is 2. The third kappa shape index (κ3) is 1.76. The highest BCUT2D eigenvalue weighted by Crippen LogP contribution is 2.43. The lowest BCUT2D eigenvalue weighted by molar-refractivity contribution is -0.116. The van der Waals surface area contributed by atoms with Crippen molar-refractivity contribution in [1.82, 2.24) is 5.32 Å². The van der Waals surface area contributed by atoms with Crippen molar-refractivity contribution in [2.45, 2.75) is 18.9 Å². The van der Waals surface area contributed by atoms with Gasteiger partial charge in [0, 0.05) is 24.5 Å². The van der Waals surface area contributed by atoms with E-state index in [-0.39, 0.29) is 24.5 Å². The van der Waals surface area contributed by atoms with Crippen molar-refractivity contribution < 1.29 is 14.6 Å². The second-order valence-corrected chi connectivity index (χ2v) is 5.52. The molecule has 0 aromatic carbocycles. The zero-order valence-corrected chi connectivity index (χ0v) is 10.9. The quantitative estimate of drug-likeness (QED) is 0.753. The van der Waals surface area contributed by atoms with E-state index in [1.165, 1.54) is 11.1 Å². The second-order valence-electron chi connectivity index (χ2n) is 5.52. The summed E-state index contributed by atoms with van der Waals surface area (Å²) in [5.74, 6) is -0.0931. The van der Waals surface area contributed by atoms with Gasteiger partial charge >= 0.3 is 0 Å². The van der Waals surface area contributed by atoms with Gasteiger partial charge in [-0.05, 0) is 23.6 Å². The van der Waals surface area contributed by atoms with Gasteiger partial charge in [-0.2, -0.15) is 0 Å². The van der Waals surface area contributed by atoms with E-state index in [1.54, 1.807) is 0 Å². The molecule has 0 saturated carbocycles. The smallest absolute Gasteiger partial charge is 0.272 e. The van der Waals surface area contributed by atoms with E-state index >= 15 is 0 Å². The maximum atomic E-state index is 12.3. The summed E-state index contributed by atoms with van der Waals surface area (Å²) in [5.41, 5.74) is 4.54. The van der Waals surface area contributed by atoms with Gasteiger partial charge in [0.05, 0.1) is 25.0 Å². The van der Waals surface area contributed by atoms with Crippen molar-refractivity contribution >= 4 is 17.3 Å². The SMILES string of the molecule is O=C(NC(CO)C1CCOC1)C1=NN=C2C1=CC1=C2C1. The first kappa shape index (κ1) is 12.0. The molecule has 1 saturated heterocycles. The summed E-state index contributed by atoms with van der Waals surface area (Å²) < 4.78 is 5.30. The molecule has 2 aliphatic carbocycles. The van der Waals surface area contributed by atoms with Gasteiger partial charge < -0.3 is 15.2 Å². The minimum atomic E-state index is -0.284. The van der Waals surface area contributed by atoms with Gasteiger partial charge in [-0.25, -0.2) is 0 Å². The van der Waals surface area contributed by atoms with E-state index in [0.29, 0.717) is 18.9 Å². The van der Waals surface area contributed by atoms with Crippen molar-refractivity contribution in [3.05, 3.63) is 22.8 Å². The standard InChI is InChI=1S/C14H15N3O3/c18-5-11(7-1-2-20-6-7)15-14(19)13-10-4-8-3-9(8)12(10)16-17-13/h4,7,11,18H,1-3,5-6H2,(H,15,19). The fourth-order valence-corrected chi connectivity index (χ4v) is 2.96. The van der Waals surface area contributed by atoms with Crippen LogP contribution in [0, 0.1) is 5.92 Å². The summed E-state index contributed by atoms with van der Waals surface area (Å²) >= 11 is 0. The molecule has 104 valence electrons. The lowest BCUT2D eigenvalue weighted by atomic mass is 9.98. The largest absolute Gasteiger partial charge is 0.394 e. The van der Waals surface area contributed by atoms with E-state index in [1.807, 2.05) is 6.08 Å². The van der Waals surface area contributed by atoms with Crippen molar-refractivity contribution in [3.63, 3.8) is 0 Å². The Morgan fingerprint density at radius 2 is 2.45 bits per heavy atom. The molecule has 6 heteroatoms. The van der Waals surface area contributed by atoms with Crippen LogP contribution in [0.2, 0.25) is 0 Å². The number of allylic oxidation sites excluding steroid dienone is 3. The first-order valence-corrected chi connectivity index (χ1v) is 6.88. The summed E-state index contributed by atoms with van der Waals surface area (Å²) in [6, 6.07) is -0.284. The Bertz CT molecular complexity index is 609. The summed E-state index contributed by atoms with van der Waals surface area (Å²) in [6.45, 7) is 1.18. The highest BCUT2D eigenvalue weighted by Gasteiger charge is 2.40. The second kappa shape index (κ2) is 4.36. The number of hydrogen-bond donors (Lipinski definition) is 2.